The van der Waals surface area contributed by atoms with Crippen LogP contribution in [0.25, 0.3) is 0 Å². The molecule has 116 valence electrons. The molecule has 0 radical (unpaired) electrons. The Bertz CT molecular complexity index is 336. The predicted molar refractivity (Wildman–Crippen MR) is 78.2 cm³/mol. The molecule has 1 unspecified atom stereocenters. The second kappa shape index (κ2) is 7.62. The molecule has 1 saturated carbocycles. The number of nitrogens with two attached hydrogens (primary N) is 1. The zero-order valence-electron chi connectivity index (χ0n) is 12.7. The van der Waals surface area contributed by atoms with E-state index in [4.69, 9.17) is 10.8 Å². The number of carboxylic acid groups (broad SMARTS) is 1. The number of carbonyl (C=O) groups excluding carboxylic acids is 1. The van der Waals surface area contributed by atoms with Gasteiger partial charge in [0.25, 0.3) is 0 Å². The Morgan fingerprint density at radius 3 is 2.40 bits per heavy atom. The third-order valence-electron chi connectivity index (χ3n) is 4.15. The zero-order chi connectivity index (χ0) is 15.2. The number of nitrogens with one attached hydrogen (secondary N) is 1. The molecular formula is C15H28N2O3. The van der Waals surface area contributed by atoms with Gasteiger partial charge in [-0.15, -0.1) is 0 Å². The lowest BCUT2D eigenvalue weighted by Gasteiger charge is -2.31. The average Bonchev–Trinajstić information content (AvgIpc) is 2.81. The number of carboxylic acids is 1. The maximum atomic E-state index is 11.9. The summed E-state index contributed by atoms with van der Waals surface area (Å²) >= 11 is 0. The van der Waals surface area contributed by atoms with E-state index in [1.807, 2.05) is 0 Å². The maximum absolute atomic E-state index is 11.9. The standard InChI is InChI=1S/C15H28N2O3/c1-11(2)9-15(7-3-4-8-15)10-17-14(20)12(16)5-6-13(18)19/h11-12H,3-10,16H2,1-2H3,(H,17,20)(H,18,19). The minimum absolute atomic E-state index is 0.0638. The first-order chi connectivity index (χ1) is 9.34. The summed E-state index contributed by atoms with van der Waals surface area (Å²) in [6.45, 7) is 5.09. The monoisotopic (exact) mass is 284 g/mol. The molecule has 20 heavy (non-hydrogen) atoms. The molecule has 0 aromatic rings. The summed E-state index contributed by atoms with van der Waals surface area (Å²) in [7, 11) is 0. The molecule has 0 saturated heterocycles. The van der Waals surface area contributed by atoms with E-state index in [1.54, 1.807) is 0 Å². The number of hydrogen-bond donors (Lipinski definition) is 3. The SMILES string of the molecule is CC(C)CC1(CNC(=O)C(N)CCC(=O)O)CCCC1. The van der Waals surface area contributed by atoms with Gasteiger partial charge in [-0.05, 0) is 37.0 Å². The van der Waals surface area contributed by atoms with E-state index in [1.165, 1.54) is 12.8 Å². The largest absolute Gasteiger partial charge is 0.481 e. The molecule has 1 atom stereocenters. The van der Waals surface area contributed by atoms with E-state index in [0.29, 0.717) is 12.5 Å². The second-order valence-corrected chi connectivity index (χ2v) is 6.56. The first kappa shape index (κ1) is 17.0. The average molecular weight is 284 g/mol. The van der Waals surface area contributed by atoms with Crippen LogP contribution in [0, 0.1) is 11.3 Å². The molecule has 1 rings (SSSR count). The highest BCUT2D eigenvalue weighted by atomic mass is 16.4. The van der Waals surface area contributed by atoms with Crippen LogP contribution in [-0.2, 0) is 9.59 Å². The van der Waals surface area contributed by atoms with E-state index in [9.17, 15) is 9.59 Å². The number of rotatable bonds is 8. The van der Waals surface area contributed by atoms with Crippen molar-refractivity contribution in [3.63, 3.8) is 0 Å². The third-order valence-corrected chi connectivity index (χ3v) is 4.15. The molecule has 0 bridgehead atoms. The van der Waals surface area contributed by atoms with Crippen LogP contribution in [0.15, 0.2) is 0 Å². The van der Waals surface area contributed by atoms with Crippen LogP contribution in [0.4, 0.5) is 0 Å². The number of hydrogen-bond acceptors (Lipinski definition) is 3. The number of carbonyl (C=O) groups is 2. The van der Waals surface area contributed by atoms with Crippen LogP contribution in [0.3, 0.4) is 0 Å². The van der Waals surface area contributed by atoms with Crippen molar-refractivity contribution in [3.8, 4) is 0 Å². The van der Waals surface area contributed by atoms with Crippen LogP contribution >= 0.6 is 0 Å². The molecule has 1 fully saturated rings. The predicted octanol–water partition coefficient (Wildman–Crippen LogP) is 1.90. The molecule has 0 aliphatic heterocycles. The Morgan fingerprint density at radius 1 is 1.30 bits per heavy atom. The first-order valence-electron chi connectivity index (χ1n) is 7.60. The van der Waals surface area contributed by atoms with Crippen molar-refractivity contribution >= 4 is 11.9 Å². The fourth-order valence-electron chi connectivity index (χ4n) is 3.26. The highest BCUT2D eigenvalue weighted by Gasteiger charge is 2.34. The Hall–Kier alpha value is -1.10. The van der Waals surface area contributed by atoms with Gasteiger partial charge in [-0.2, -0.15) is 0 Å². The summed E-state index contributed by atoms with van der Waals surface area (Å²) in [6, 6.07) is -0.719. The summed E-state index contributed by atoms with van der Waals surface area (Å²) in [5.74, 6) is -0.521. The highest BCUT2D eigenvalue weighted by Crippen LogP contribution is 2.42. The van der Waals surface area contributed by atoms with Crippen molar-refractivity contribution in [1.29, 1.82) is 0 Å². The lowest BCUT2D eigenvalue weighted by atomic mass is 9.78. The molecule has 0 aromatic heterocycles. The topological polar surface area (TPSA) is 92.4 Å². The fourth-order valence-corrected chi connectivity index (χ4v) is 3.26. The van der Waals surface area contributed by atoms with Gasteiger partial charge in [0, 0.05) is 13.0 Å². The Labute approximate surface area is 121 Å². The molecule has 5 heteroatoms. The van der Waals surface area contributed by atoms with Crippen molar-refractivity contribution in [2.24, 2.45) is 17.1 Å². The number of amides is 1. The van der Waals surface area contributed by atoms with Gasteiger partial charge < -0.3 is 16.2 Å². The quantitative estimate of drug-likeness (QED) is 0.634. The third kappa shape index (κ3) is 5.49. The van der Waals surface area contributed by atoms with Crippen molar-refractivity contribution < 1.29 is 14.7 Å². The molecular weight excluding hydrogens is 256 g/mol. The molecule has 5 nitrogen and oxygen atoms in total. The van der Waals surface area contributed by atoms with Gasteiger partial charge in [-0.3, -0.25) is 9.59 Å². The zero-order valence-corrected chi connectivity index (χ0v) is 12.7. The van der Waals surface area contributed by atoms with Crippen LogP contribution in [0.2, 0.25) is 0 Å². The minimum atomic E-state index is -0.916. The van der Waals surface area contributed by atoms with Gasteiger partial charge >= 0.3 is 5.97 Å². The summed E-state index contributed by atoms with van der Waals surface area (Å²) in [4.78, 5) is 22.4. The fraction of sp³-hybridized carbons (Fsp3) is 0.867. The molecule has 0 spiro atoms. The molecule has 0 aromatic carbocycles. The smallest absolute Gasteiger partial charge is 0.303 e. The molecule has 1 aliphatic carbocycles. The summed E-state index contributed by atoms with van der Waals surface area (Å²) in [6.07, 6.45) is 6.04. The van der Waals surface area contributed by atoms with E-state index in [0.717, 1.165) is 19.3 Å². The van der Waals surface area contributed by atoms with Crippen molar-refractivity contribution in [3.05, 3.63) is 0 Å². The van der Waals surface area contributed by atoms with Gasteiger partial charge in [0.15, 0.2) is 0 Å². The molecule has 1 aliphatic rings. The van der Waals surface area contributed by atoms with E-state index in [-0.39, 0.29) is 24.2 Å². The van der Waals surface area contributed by atoms with E-state index in [2.05, 4.69) is 19.2 Å². The maximum Gasteiger partial charge on any atom is 0.303 e. The van der Waals surface area contributed by atoms with Crippen LogP contribution < -0.4 is 11.1 Å². The van der Waals surface area contributed by atoms with Crippen molar-refractivity contribution in [2.75, 3.05) is 6.54 Å². The van der Waals surface area contributed by atoms with Crippen LogP contribution in [0.5, 0.6) is 0 Å². The number of aliphatic carboxylic acids is 1. The molecule has 1 amide bonds. The van der Waals surface area contributed by atoms with E-state index >= 15 is 0 Å². The van der Waals surface area contributed by atoms with E-state index < -0.39 is 12.0 Å². The summed E-state index contributed by atoms with van der Waals surface area (Å²) in [5.41, 5.74) is 5.94. The second-order valence-electron chi connectivity index (χ2n) is 6.56. The highest BCUT2D eigenvalue weighted by molar-refractivity contribution is 5.82. The van der Waals surface area contributed by atoms with Gasteiger partial charge in [0.2, 0.25) is 5.91 Å². The van der Waals surface area contributed by atoms with Crippen molar-refractivity contribution in [2.45, 2.75) is 64.8 Å². The van der Waals surface area contributed by atoms with Gasteiger partial charge in [-0.1, -0.05) is 26.7 Å². The Morgan fingerprint density at radius 2 is 1.90 bits per heavy atom. The molecule has 0 heterocycles. The first-order valence-corrected chi connectivity index (χ1v) is 7.60. The van der Waals surface area contributed by atoms with Gasteiger partial charge in [-0.25, -0.2) is 0 Å². The summed E-state index contributed by atoms with van der Waals surface area (Å²) < 4.78 is 0. The lowest BCUT2D eigenvalue weighted by Crippen LogP contribution is -2.45. The normalized spacial score (nSPS) is 19.0. The van der Waals surface area contributed by atoms with Crippen molar-refractivity contribution in [1.82, 2.24) is 5.32 Å². The van der Waals surface area contributed by atoms with Gasteiger partial charge in [0.05, 0.1) is 6.04 Å². The summed E-state index contributed by atoms with van der Waals surface area (Å²) in [5, 5.41) is 11.5. The lowest BCUT2D eigenvalue weighted by molar-refractivity contribution is -0.137. The van der Waals surface area contributed by atoms with Crippen LogP contribution in [0.1, 0.15) is 58.8 Å². The van der Waals surface area contributed by atoms with Crippen LogP contribution in [-0.4, -0.2) is 29.6 Å². The minimum Gasteiger partial charge on any atom is -0.481 e. The van der Waals surface area contributed by atoms with Gasteiger partial charge in [0.1, 0.15) is 0 Å². The Kier molecular flexibility index (Phi) is 6.46. The molecule has 4 N–H and O–H groups in total. The Balaban J connectivity index is 2.42.